The predicted molar refractivity (Wildman–Crippen MR) is 68.9 cm³/mol. The molecule has 0 atom stereocenters. The number of carbonyl (C=O) groups is 1. The molecule has 0 saturated heterocycles. The molecule has 0 fully saturated rings. The number of amides is 1. The Bertz CT molecular complexity index is 376. The number of unbranched alkanes of at least 4 members (excludes halogenated alkanes) is 2. The molecular weight excluding hydrogens is 235 g/mol. The fraction of sp³-hybridized carbons (Fsp3) is 0.462. The molecule has 0 heterocycles. The van der Waals surface area contributed by atoms with E-state index in [1.165, 1.54) is 18.2 Å². The van der Waals surface area contributed by atoms with Crippen LogP contribution in [0.15, 0.2) is 18.2 Å². The van der Waals surface area contributed by atoms with Gasteiger partial charge in [0.15, 0.2) is 0 Å². The minimum Gasteiger partial charge on any atom is -0.399 e. The van der Waals surface area contributed by atoms with Gasteiger partial charge in [-0.15, -0.1) is 0 Å². The molecule has 5 heteroatoms. The fourth-order valence-electron chi connectivity index (χ4n) is 1.60. The maximum Gasteiger partial charge on any atom is 0.251 e. The van der Waals surface area contributed by atoms with Gasteiger partial charge in [0.1, 0.15) is 5.82 Å². The van der Waals surface area contributed by atoms with Crippen molar-refractivity contribution in [2.45, 2.75) is 19.3 Å². The maximum absolute atomic E-state index is 13.0. The van der Waals surface area contributed by atoms with E-state index in [1.807, 2.05) is 0 Å². The largest absolute Gasteiger partial charge is 0.399 e. The van der Waals surface area contributed by atoms with Crippen molar-refractivity contribution in [2.75, 3.05) is 26.0 Å². The van der Waals surface area contributed by atoms with Gasteiger partial charge in [0.25, 0.3) is 5.91 Å². The van der Waals surface area contributed by atoms with E-state index < -0.39 is 5.82 Å². The summed E-state index contributed by atoms with van der Waals surface area (Å²) in [6.07, 6.45) is 2.83. The topological polar surface area (TPSA) is 64.3 Å². The van der Waals surface area contributed by atoms with E-state index in [-0.39, 0.29) is 17.2 Å². The average Bonchev–Trinajstić information content (AvgIpc) is 2.32. The molecule has 100 valence electrons. The van der Waals surface area contributed by atoms with Gasteiger partial charge in [0, 0.05) is 31.5 Å². The standard InChI is InChI=1S/C13H19FN2O2/c1-18-6-4-2-3-5-16-13(17)10-7-11(14)9-12(15)8-10/h7-9H,2-6,15H2,1H3,(H,16,17). The minimum atomic E-state index is -0.500. The van der Waals surface area contributed by atoms with Gasteiger partial charge in [0.2, 0.25) is 0 Å². The second-order valence-electron chi connectivity index (χ2n) is 4.08. The van der Waals surface area contributed by atoms with Crippen molar-refractivity contribution in [1.82, 2.24) is 5.32 Å². The van der Waals surface area contributed by atoms with Gasteiger partial charge >= 0.3 is 0 Å². The highest BCUT2D eigenvalue weighted by atomic mass is 19.1. The first kappa shape index (κ1) is 14.4. The second-order valence-corrected chi connectivity index (χ2v) is 4.08. The van der Waals surface area contributed by atoms with Gasteiger partial charge in [0.05, 0.1) is 0 Å². The van der Waals surface area contributed by atoms with Crippen LogP contribution in [0.2, 0.25) is 0 Å². The SMILES string of the molecule is COCCCCCNC(=O)c1cc(N)cc(F)c1. The smallest absolute Gasteiger partial charge is 0.251 e. The summed E-state index contributed by atoms with van der Waals surface area (Å²) in [5, 5.41) is 2.73. The van der Waals surface area contributed by atoms with E-state index in [0.29, 0.717) is 6.54 Å². The molecule has 18 heavy (non-hydrogen) atoms. The zero-order valence-corrected chi connectivity index (χ0v) is 10.5. The number of ether oxygens (including phenoxy) is 1. The summed E-state index contributed by atoms with van der Waals surface area (Å²) in [5.41, 5.74) is 5.98. The number of carbonyl (C=O) groups excluding carboxylic acids is 1. The van der Waals surface area contributed by atoms with Crippen LogP contribution >= 0.6 is 0 Å². The highest BCUT2D eigenvalue weighted by molar-refractivity contribution is 5.95. The zero-order chi connectivity index (χ0) is 13.4. The van der Waals surface area contributed by atoms with Crippen LogP contribution in [-0.4, -0.2) is 26.2 Å². The zero-order valence-electron chi connectivity index (χ0n) is 10.5. The molecule has 0 spiro atoms. The summed E-state index contributed by atoms with van der Waals surface area (Å²) < 4.78 is 18.0. The first-order chi connectivity index (χ1) is 8.63. The van der Waals surface area contributed by atoms with Crippen molar-refractivity contribution in [1.29, 1.82) is 0 Å². The number of methoxy groups -OCH3 is 1. The van der Waals surface area contributed by atoms with Gasteiger partial charge in [-0.2, -0.15) is 0 Å². The van der Waals surface area contributed by atoms with Gasteiger partial charge in [-0.25, -0.2) is 4.39 Å². The lowest BCUT2D eigenvalue weighted by Gasteiger charge is -2.06. The van der Waals surface area contributed by atoms with Crippen molar-refractivity contribution >= 4 is 11.6 Å². The quantitative estimate of drug-likeness (QED) is 0.577. The Morgan fingerprint density at radius 1 is 1.33 bits per heavy atom. The Morgan fingerprint density at radius 3 is 2.78 bits per heavy atom. The third kappa shape index (κ3) is 5.14. The highest BCUT2D eigenvalue weighted by Crippen LogP contribution is 2.10. The highest BCUT2D eigenvalue weighted by Gasteiger charge is 2.07. The number of nitrogens with one attached hydrogen (secondary N) is 1. The van der Waals surface area contributed by atoms with Crippen LogP contribution < -0.4 is 11.1 Å². The number of hydrogen-bond donors (Lipinski definition) is 2. The molecule has 0 saturated carbocycles. The average molecular weight is 254 g/mol. The minimum absolute atomic E-state index is 0.250. The molecule has 0 aromatic heterocycles. The summed E-state index contributed by atoms with van der Waals surface area (Å²) in [4.78, 5) is 11.7. The van der Waals surface area contributed by atoms with Gasteiger partial charge < -0.3 is 15.8 Å². The molecule has 1 rings (SSSR count). The molecule has 0 aliphatic carbocycles. The Morgan fingerprint density at radius 2 is 2.11 bits per heavy atom. The first-order valence-corrected chi connectivity index (χ1v) is 5.96. The molecule has 1 aromatic rings. The van der Waals surface area contributed by atoms with Crippen molar-refractivity contribution < 1.29 is 13.9 Å². The molecule has 1 aromatic carbocycles. The number of nitrogen functional groups attached to an aromatic ring is 1. The third-order valence-corrected chi connectivity index (χ3v) is 2.49. The second kappa shape index (κ2) is 7.66. The Hall–Kier alpha value is -1.62. The van der Waals surface area contributed by atoms with Gasteiger partial charge in [-0.05, 0) is 37.5 Å². The van der Waals surface area contributed by atoms with Crippen molar-refractivity contribution in [3.63, 3.8) is 0 Å². The van der Waals surface area contributed by atoms with Gasteiger partial charge in [-0.3, -0.25) is 4.79 Å². The molecule has 0 aliphatic rings. The molecule has 0 bridgehead atoms. The molecule has 0 radical (unpaired) electrons. The van der Waals surface area contributed by atoms with Crippen LogP contribution in [0.5, 0.6) is 0 Å². The molecule has 1 amide bonds. The Balaban J connectivity index is 2.32. The number of benzene rings is 1. The monoisotopic (exact) mass is 254 g/mol. The normalized spacial score (nSPS) is 10.3. The van der Waals surface area contributed by atoms with E-state index in [9.17, 15) is 9.18 Å². The summed E-state index contributed by atoms with van der Waals surface area (Å²) in [6, 6.07) is 3.82. The van der Waals surface area contributed by atoms with E-state index in [4.69, 9.17) is 10.5 Å². The lowest BCUT2D eigenvalue weighted by Crippen LogP contribution is -2.24. The van der Waals surface area contributed by atoms with E-state index in [2.05, 4.69) is 5.32 Å². The molecule has 3 N–H and O–H groups in total. The van der Waals surface area contributed by atoms with Crippen LogP contribution in [0.1, 0.15) is 29.6 Å². The summed E-state index contributed by atoms with van der Waals surface area (Å²) in [7, 11) is 1.66. The van der Waals surface area contributed by atoms with Crippen LogP contribution in [0.25, 0.3) is 0 Å². The summed E-state index contributed by atoms with van der Waals surface area (Å²) in [5.74, 6) is -0.798. The lowest BCUT2D eigenvalue weighted by molar-refractivity contribution is 0.0952. The van der Waals surface area contributed by atoms with E-state index in [1.54, 1.807) is 7.11 Å². The molecule has 4 nitrogen and oxygen atoms in total. The van der Waals surface area contributed by atoms with Gasteiger partial charge in [-0.1, -0.05) is 0 Å². The van der Waals surface area contributed by atoms with Crippen molar-refractivity contribution in [3.05, 3.63) is 29.6 Å². The number of hydrogen-bond acceptors (Lipinski definition) is 3. The summed E-state index contributed by atoms with van der Waals surface area (Å²) >= 11 is 0. The third-order valence-electron chi connectivity index (χ3n) is 2.49. The molecular formula is C13H19FN2O2. The number of nitrogens with two attached hydrogens (primary N) is 1. The number of halogens is 1. The maximum atomic E-state index is 13.0. The lowest BCUT2D eigenvalue weighted by atomic mass is 10.1. The van der Waals surface area contributed by atoms with E-state index in [0.717, 1.165) is 25.9 Å². The summed E-state index contributed by atoms with van der Waals surface area (Å²) in [6.45, 7) is 1.30. The first-order valence-electron chi connectivity index (χ1n) is 5.96. The number of rotatable bonds is 7. The fourth-order valence-corrected chi connectivity index (χ4v) is 1.60. The van der Waals surface area contributed by atoms with Crippen LogP contribution in [0.3, 0.4) is 0 Å². The predicted octanol–water partition coefficient (Wildman–Crippen LogP) is 1.95. The van der Waals surface area contributed by atoms with Crippen LogP contribution in [-0.2, 0) is 4.74 Å². The van der Waals surface area contributed by atoms with Crippen LogP contribution in [0.4, 0.5) is 10.1 Å². The van der Waals surface area contributed by atoms with Crippen molar-refractivity contribution in [2.24, 2.45) is 0 Å². The Labute approximate surface area is 106 Å². The van der Waals surface area contributed by atoms with Crippen molar-refractivity contribution in [3.8, 4) is 0 Å². The van der Waals surface area contributed by atoms with Crippen LogP contribution in [0, 0.1) is 5.82 Å². The molecule has 0 aliphatic heterocycles. The Kier molecular flexibility index (Phi) is 6.14. The molecule has 0 unspecified atom stereocenters. The van der Waals surface area contributed by atoms with E-state index >= 15 is 0 Å². The number of anilines is 1.